The number of benzene rings is 1. The fourth-order valence-electron chi connectivity index (χ4n) is 1.03. The van der Waals surface area contributed by atoms with Gasteiger partial charge in [0.1, 0.15) is 0 Å². The Bertz CT molecular complexity index is 268. The van der Waals surface area contributed by atoms with Gasteiger partial charge in [-0.25, -0.2) is 0 Å². The molecular formula is C9H13NOSi. The second kappa shape index (κ2) is 4.18. The third kappa shape index (κ3) is 2.03. The zero-order valence-electron chi connectivity index (χ0n) is 7.21. The first kappa shape index (κ1) is 9.16. The number of rotatable bonds is 3. The van der Waals surface area contributed by atoms with Gasteiger partial charge in [0.25, 0.3) is 0 Å². The summed E-state index contributed by atoms with van der Waals surface area (Å²) in [6.07, 6.45) is 0. The van der Waals surface area contributed by atoms with Crippen molar-refractivity contribution in [3.63, 3.8) is 0 Å². The van der Waals surface area contributed by atoms with Gasteiger partial charge in [0.15, 0.2) is 5.78 Å². The molecule has 64 valence electrons. The lowest BCUT2D eigenvalue weighted by Crippen LogP contribution is -1.99. The molecule has 0 heterocycles. The average Bonchev–Trinajstić information content (AvgIpc) is 2.17. The summed E-state index contributed by atoms with van der Waals surface area (Å²) in [6.45, 7) is 0.537. The van der Waals surface area contributed by atoms with Gasteiger partial charge in [-0.15, -0.1) is 0 Å². The maximum atomic E-state index is 11.2. The summed E-state index contributed by atoms with van der Waals surface area (Å²) in [5.74, 6) is 0.241. The van der Waals surface area contributed by atoms with Crippen LogP contribution in [0.5, 0.6) is 0 Å². The van der Waals surface area contributed by atoms with Crippen molar-refractivity contribution < 1.29 is 4.79 Å². The molecule has 2 N–H and O–H groups in total. The summed E-state index contributed by atoms with van der Waals surface area (Å²) in [6, 6.07) is 8.21. The second-order valence-electron chi connectivity index (χ2n) is 2.68. The first-order chi connectivity index (χ1) is 5.77. The molecule has 0 saturated carbocycles. The van der Waals surface area contributed by atoms with E-state index < -0.39 is 0 Å². The smallest absolute Gasteiger partial charge is 0.159 e. The standard InChI is InChI=1S/C9H13NOSi/c10-5-7-1-3-8(4-2-7)9(11)6-12/h1-4H,5-6,10H2,12H3. The zero-order chi connectivity index (χ0) is 8.97. The molecule has 12 heavy (non-hydrogen) atoms. The molecule has 0 spiro atoms. The molecule has 0 aromatic heterocycles. The van der Waals surface area contributed by atoms with Crippen molar-refractivity contribution in [3.8, 4) is 0 Å². The molecular weight excluding hydrogens is 166 g/mol. The van der Waals surface area contributed by atoms with Crippen molar-refractivity contribution in [2.45, 2.75) is 12.6 Å². The lowest BCUT2D eigenvalue weighted by molar-refractivity contribution is 0.101. The Morgan fingerprint density at radius 1 is 1.33 bits per heavy atom. The Morgan fingerprint density at radius 2 is 1.92 bits per heavy atom. The number of hydrogen-bond donors (Lipinski definition) is 1. The Kier molecular flexibility index (Phi) is 3.19. The van der Waals surface area contributed by atoms with Crippen LogP contribution >= 0.6 is 0 Å². The Morgan fingerprint density at radius 3 is 2.33 bits per heavy atom. The summed E-state index contributed by atoms with van der Waals surface area (Å²) in [4.78, 5) is 11.2. The van der Waals surface area contributed by atoms with E-state index in [-0.39, 0.29) is 5.78 Å². The largest absolute Gasteiger partial charge is 0.326 e. The van der Waals surface area contributed by atoms with E-state index in [9.17, 15) is 4.79 Å². The van der Waals surface area contributed by atoms with Crippen molar-refractivity contribution in [2.75, 3.05) is 0 Å². The van der Waals surface area contributed by atoms with Crippen LogP contribution in [0.4, 0.5) is 0 Å². The normalized spacial score (nSPS) is 10.1. The number of carbonyl (C=O) groups is 1. The highest BCUT2D eigenvalue weighted by molar-refractivity contribution is 6.23. The molecule has 1 aromatic rings. The van der Waals surface area contributed by atoms with E-state index in [1.54, 1.807) is 0 Å². The van der Waals surface area contributed by atoms with Gasteiger partial charge in [-0.3, -0.25) is 4.79 Å². The van der Waals surface area contributed by atoms with Crippen molar-refractivity contribution in [2.24, 2.45) is 5.73 Å². The quantitative estimate of drug-likeness (QED) is 0.529. The Labute approximate surface area is 75.2 Å². The van der Waals surface area contributed by atoms with Gasteiger partial charge >= 0.3 is 0 Å². The summed E-state index contributed by atoms with van der Waals surface area (Å²) in [5, 5.41) is 0. The molecule has 0 aliphatic heterocycles. The molecule has 1 rings (SSSR count). The minimum absolute atomic E-state index is 0.241. The first-order valence-corrected chi connectivity index (χ1v) is 5.51. The van der Waals surface area contributed by atoms with Crippen molar-refractivity contribution in [1.29, 1.82) is 0 Å². The lowest BCUT2D eigenvalue weighted by Gasteiger charge is -1.99. The molecule has 0 radical (unpaired) electrons. The predicted molar refractivity (Wildman–Crippen MR) is 53.4 cm³/mol. The molecule has 0 aliphatic rings. The number of Topliss-reactive ketones (excluding diaryl/α,β-unsaturated/α-hetero) is 1. The molecule has 0 amide bonds. The van der Waals surface area contributed by atoms with Gasteiger partial charge in [-0.1, -0.05) is 24.3 Å². The summed E-state index contributed by atoms with van der Waals surface area (Å²) in [7, 11) is 0.932. The van der Waals surface area contributed by atoms with Crippen LogP contribution in [0.15, 0.2) is 24.3 Å². The molecule has 0 atom stereocenters. The molecule has 2 nitrogen and oxygen atoms in total. The molecule has 0 fully saturated rings. The minimum Gasteiger partial charge on any atom is -0.326 e. The van der Waals surface area contributed by atoms with Crippen LogP contribution in [-0.2, 0) is 6.54 Å². The van der Waals surface area contributed by atoms with E-state index in [1.807, 2.05) is 24.3 Å². The topological polar surface area (TPSA) is 43.1 Å². The van der Waals surface area contributed by atoms with Gasteiger partial charge in [0, 0.05) is 22.4 Å². The minimum atomic E-state index is 0.241. The van der Waals surface area contributed by atoms with Crippen LogP contribution in [0, 0.1) is 0 Å². The van der Waals surface area contributed by atoms with Gasteiger partial charge in [0.05, 0.1) is 0 Å². The van der Waals surface area contributed by atoms with Crippen LogP contribution in [0.3, 0.4) is 0 Å². The van der Waals surface area contributed by atoms with Crippen LogP contribution in [0.2, 0.25) is 6.04 Å². The molecule has 0 unspecified atom stereocenters. The summed E-state index contributed by atoms with van der Waals surface area (Å²) >= 11 is 0. The van der Waals surface area contributed by atoms with E-state index >= 15 is 0 Å². The summed E-state index contributed by atoms with van der Waals surface area (Å²) in [5.41, 5.74) is 7.31. The molecule has 1 aromatic carbocycles. The highest BCUT2D eigenvalue weighted by Gasteiger charge is 2.00. The number of hydrogen-bond acceptors (Lipinski definition) is 2. The maximum absolute atomic E-state index is 11.2. The van der Waals surface area contributed by atoms with E-state index in [2.05, 4.69) is 0 Å². The lowest BCUT2D eigenvalue weighted by atomic mass is 10.1. The number of carbonyl (C=O) groups excluding carboxylic acids is 1. The average molecular weight is 179 g/mol. The number of ketones is 1. The van der Waals surface area contributed by atoms with Gasteiger partial charge in [0.2, 0.25) is 0 Å². The monoisotopic (exact) mass is 179 g/mol. The van der Waals surface area contributed by atoms with Crippen molar-refractivity contribution in [1.82, 2.24) is 0 Å². The van der Waals surface area contributed by atoms with E-state index in [1.165, 1.54) is 0 Å². The van der Waals surface area contributed by atoms with Crippen molar-refractivity contribution in [3.05, 3.63) is 35.4 Å². The van der Waals surface area contributed by atoms with Gasteiger partial charge < -0.3 is 5.73 Å². The van der Waals surface area contributed by atoms with Crippen LogP contribution < -0.4 is 5.73 Å². The van der Waals surface area contributed by atoms with Crippen LogP contribution in [0.25, 0.3) is 0 Å². The molecule has 3 heteroatoms. The first-order valence-electron chi connectivity index (χ1n) is 4.10. The van der Waals surface area contributed by atoms with Gasteiger partial charge in [-0.05, 0) is 11.6 Å². The van der Waals surface area contributed by atoms with E-state index in [0.29, 0.717) is 12.6 Å². The SMILES string of the molecule is NCc1ccc(C(=O)C[SiH3])cc1. The van der Waals surface area contributed by atoms with Crippen molar-refractivity contribution >= 4 is 16.0 Å². The fourth-order valence-corrected chi connectivity index (χ4v) is 1.44. The highest BCUT2D eigenvalue weighted by Crippen LogP contribution is 2.05. The maximum Gasteiger partial charge on any atom is 0.159 e. The van der Waals surface area contributed by atoms with E-state index in [0.717, 1.165) is 21.4 Å². The van der Waals surface area contributed by atoms with Crippen LogP contribution in [0.1, 0.15) is 15.9 Å². The molecule has 0 saturated heterocycles. The third-order valence-electron chi connectivity index (χ3n) is 1.83. The zero-order valence-corrected chi connectivity index (χ0v) is 9.21. The Balaban J connectivity index is 2.84. The highest BCUT2D eigenvalue weighted by atomic mass is 28.1. The third-order valence-corrected chi connectivity index (χ3v) is 2.47. The van der Waals surface area contributed by atoms with Gasteiger partial charge in [-0.2, -0.15) is 0 Å². The predicted octanol–water partition coefficient (Wildman–Crippen LogP) is 0.112. The molecule has 0 aliphatic carbocycles. The van der Waals surface area contributed by atoms with Crippen LogP contribution in [-0.4, -0.2) is 16.0 Å². The van der Waals surface area contributed by atoms with E-state index in [4.69, 9.17) is 5.73 Å². The Hall–Kier alpha value is -0.933. The molecule has 0 bridgehead atoms. The summed E-state index contributed by atoms with van der Waals surface area (Å²) < 4.78 is 0. The second-order valence-corrected chi connectivity index (χ2v) is 3.38. The fraction of sp³-hybridized carbons (Fsp3) is 0.222. The number of nitrogens with two attached hydrogens (primary N) is 1.